The molecule has 0 amide bonds. The van der Waals surface area contributed by atoms with Crippen LogP contribution in [0, 0.1) is 5.92 Å². The van der Waals surface area contributed by atoms with E-state index in [0.29, 0.717) is 12.5 Å². The Morgan fingerprint density at radius 1 is 1.41 bits per heavy atom. The number of hydrogen-bond acceptors (Lipinski definition) is 5. The number of allylic oxidation sites excluding steroid dienone is 1. The molecule has 0 N–H and O–H groups in total. The third-order valence-electron chi connectivity index (χ3n) is 2.11. The molecule has 0 aromatic rings. The van der Waals surface area contributed by atoms with E-state index in [9.17, 15) is 9.36 Å². The standard InChI is InChI=1S/C11H19O3PS2/c1-4-14-11(12)8-10(7-9(2)3)15(13)16-5-6-17-15/h7,9H,4-6,8H2,1-3H3/b10-7+. The van der Waals surface area contributed by atoms with Gasteiger partial charge in [0.25, 0.3) is 0 Å². The second-order valence-corrected chi connectivity index (χ2v) is 12.3. The summed E-state index contributed by atoms with van der Waals surface area (Å²) in [6, 6.07) is 0. The SMILES string of the molecule is CCOC(=O)C/C(=C\C(C)C)P1(=O)SCCS1. The van der Waals surface area contributed by atoms with Crippen molar-refractivity contribution >= 4 is 34.3 Å². The summed E-state index contributed by atoms with van der Waals surface area (Å²) >= 11 is 2.99. The normalized spacial score (nSPS) is 19.6. The molecule has 0 aromatic heterocycles. The van der Waals surface area contributed by atoms with Crippen LogP contribution in [0.5, 0.6) is 0 Å². The van der Waals surface area contributed by atoms with Crippen LogP contribution >= 0.6 is 28.3 Å². The predicted molar refractivity (Wildman–Crippen MR) is 76.7 cm³/mol. The first-order valence-corrected chi connectivity index (χ1v) is 10.6. The zero-order chi connectivity index (χ0) is 12.9. The lowest BCUT2D eigenvalue weighted by Crippen LogP contribution is -2.05. The van der Waals surface area contributed by atoms with Crippen LogP contribution in [-0.4, -0.2) is 24.1 Å². The van der Waals surface area contributed by atoms with Gasteiger partial charge in [0.2, 0.25) is 5.55 Å². The summed E-state index contributed by atoms with van der Waals surface area (Å²) in [6.07, 6.45) is 2.13. The van der Waals surface area contributed by atoms with E-state index < -0.39 is 5.55 Å². The van der Waals surface area contributed by atoms with Crippen molar-refractivity contribution in [3.63, 3.8) is 0 Å². The maximum absolute atomic E-state index is 12.6. The predicted octanol–water partition coefficient (Wildman–Crippen LogP) is 4.15. The minimum absolute atomic E-state index is 0.170. The average Bonchev–Trinajstić information content (AvgIpc) is 2.65. The van der Waals surface area contributed by atoms with Crippen LogP contribution in [0.1, 0.15) is 27.2 Å². The molecule has 17 heavy (non-hydrogen) atoms. The topological polar surface area (TPSA) is 43.4 Å². The molecule has 0 spiro atoms. The molecule has 1 rings (SSSR count). The molecule has 1 heterocycles. The summed E-state index contributed by atoms with van der Waals surface area (Å²) < 4.78 is 17.6. The zero-order valence-electron chi connectivity index (χ0n) is 10.5. The van der Waals surface area contributed by atoms with Crippen molar-refractivity contribution in [1.82, 2.24) is 0 Å². The van der Waals surface area contributed by atoms with Gasteiger partial charge < -0.3 is 4.74 Å². The third-order valence-corrected chi connectivity index (χ3v) is 11.3. The van der Waals surface area contributed by atoms with E-state index in [1.54, 1.807) is 6.92 Å². The Morgan fingerprint density at radius 3 is 2.47 bits per heavy atom. The van der Waals surface area contributed by atoms with Gasteiger partial charge in [-0.3, -0.25) is 9.36 Å². The van der Waals surface area contributed by atoms with E-state index in [1.165, 1.54) is 22.8 Å². The van der Waals surface area contributed by atoms with Gasteiger partial charge in [0.05, 0.1) is 13.0 Å². The molecule has 1 aliphatic heterocycles. The monoisotopic (exact) mass is 294 g/mol. The molecule has 0 saturated carbocycles. The van der Waals surface area contributed by atoms with E-state index in [2.05, 4.69) is 0 Å². The Morgan fingerprint density at radius 2 is 2.00 bits per heavy atom. The van der Waals surface area contributed by atoms with E-state index in [0.717, 1.165) is 16.8 Å². The van der Waals surface area contributed by atoms with Crippen LogP contribution in [0.3, 0.4) is 0 Å². The van der Waals surface area contributed by atoms with Crippen molar-refractivity contribution in [2.75, 3.05) is 18.1 Å². The van der Waals surface area contributed by atoms with Gasteiger partial charge in [0.1, 0.15) is 0 Å². The first-order valence-electron chi connectivity index (χ1n) is 5.74. The number of ether oxygens (including phenoxy) is 1. The molecule has 0 aliphatic carbocycles. The zero-order valence-corrected chi connectivity index (χ0v) is 13.0. The fourth-order valence-electron chi connectivity index (χ4n) is 1.51. The lowest BCUT2D eigenvalue weighted by Gasteiger charge is -2.14. The molecule has 1 fully saturated rings. The third kappa shape index (κ3) is 4.72. The van der Waals surface area contributed by atoms with Gasteiger partial charge in [-0.05, 0) is 12.8 Å². The summed E-state index contributed by atoms with van der Waals surface area (Å²) in [5.74, 6) is 1.83. The molecule has 0 unspecified atom stereocenters. The summed E-state index contributed by atoms with van der Waals surface area (Å²) in [4.78, 5) is 11.5. The Balaban J connectivity index is 2.81. The smallest absolute Gasteiger partial charge is 0.310 e. The molecule has 1 saturated heterocycles. The molecule has 0 atom stereocenters. The molecular weight excluding hydrogens is 275 g/mol. The first kappa shape index (κ1) is 15.2. The number of rotatable bonds is 5. The minimum atomic E-state index is -2.42. The Kier molecular flexibility index (Phi) is 6.18. The Labute approximate surface area is 111 Å². The van der Waals surface area contributed by atoms with Gasteiger partial charge in [-0.2, -0.15) is 0 Å². The summed E-state index contributed by atoms with van der Waals surface area (Å²) in [5.41, 5.74) is -2.42. The number of carbonyl (C=O) groups excluding carboxylic acids is 1. The van der Waals surface area contributed by atoms with E-state index in [1.807, 2.05) is 19.9 Å². The van der Waals surface area contributed by atoms with Gasteiger partial charge in [0.15, 0.2) is 0 Å². The van der Waals surface area contributed by atoms with Crippen LogP contribution < -0.4 is 0 Å². The summed E-state index contributed by atoms with van der Waals surface area (Å²) in [6.45, 7) is 6.22. The molecule has 0 radical (unpaired) electrons. The number of esters is 1. The molecule has 1 aliphatic rings. The van der Waals surface area contributed by atoms with Crippen LogP contribution in [-0.2, 0) is 14.1 Å². The van der Waals surface area contributed by atoms with Crippen LogP contribution in [0.25, 0.3) is 0 Å². The Bertz CT molecular complexity index is 343. The molecular formula is C11H19O3PS2. The average molecular weight is 294 g/mol. The fourth-order valence-corrected chi connectivity index (χ4v) is 10.6. The summed E-state index contributed by atoms with van der Waals surface area (Å²) in [7, 11) is 0. The molecule has 3 nitrogen and oxygen atoms in total. The second-order valence-electron chi connectivity index (χ2n) is 4.05. The number of hydrogen-bond donors (Lipinski definition) is 0. The fraction of sp³-hybridized carbons (Fsp3) is 0.727. The highest BCUT2D eigenvalue weighted by atomic mass is 33.1. The quantitative estimate of drug-likeness (QED) is 0.563. The van der Waals surface area contributed by atoms with Gasteiger partial charge >= 0.3 is 5.97 Å². The van der Waals surface area contributed by atoms with Crippen molar-refractivity contribution in [3.05, 3.63) is 11.4 Å². The highest BCUT2D eigenvalue weighted by Gasteiger charge is 2.34. The van der Waals surface area contributed by atoms with Crippen LogP contribution in [0.4, 0.5) is 0 Å². The van der Waals surface area contributed by atoms with Gasteiger partial charge in [0, 0.05) is 16.8 Å². The lowest BCUT2D eigenvalue weighted by atomic mass is 10.2. The molecule has 0 aromatic carbocycles. The number of carbonyl (C=O) groups is 1. The van der Waals surface area contributed by atoms with Crippen molar-refractivity contribution < 1.29 is 14.1 Å². The molecule has 0 bridgehead atoms. The highest BCUT2D eigenvalue weighted by molar-refractivity contribution is 8.93. The molecule has 6 heteroatoms. The molecule has 98 valence electrons. The van der Waals surface area contributed by atoms with E-state index >= 15 is 0 Å². The van der Waals surface area contributed by atoms with E-state index in [4.69, 9.17) is 4.74 Å². The van der Waals surface area contributed by atoms with Crippen LogP contribution in [0.15, 0.2) is 11.4 Å². The van der Waals surface area contributed by atoms with Gasteiger partial charge in [-0.25, -0.2) is 0 Å². The van der Waals surface area contributed by atoms with Crippen molar-refractivity contribution in [1.29, 1.82) is 0 Å². The highest BCUT2D eigenvalue weighted by Crippen LogP contribution is 2.78. The summed E-state index contributed by atoms with van der Waals surface area (Å²) in [5, 5.41) is 0.776. The first-order chi connectivity index (χ1) is 7.98. The second kappa shape index (κ2) is 6.91. The maximum atomic E-state index is 12.6. The lowest BCUT2D eigenvalue weighted by molar-refractivity contribution is -0.142. The van der Waals surface area contributed by atoms with Crippen LogP contribution in [0.2, 0.25) is 0 Å². The van der Waals surface area contributed by atoms with Gasteiger partial charge in [-0.15, -0.1) is 0 Å². The minimum Gasteiger partial charge on any atom is -0.466 e. The van der Waals surface area contributed by atoms with Gasteiger partial charge in [-0.1, -0.05) is 42.7 Å². The van der Waals surface area contributed by atoms with Crippen molar-refractivity contribution in [2.24, 2.45) is 5.92 Å². The van der Waals surface area contributed by atoms with Crippen molar-refractivity contribution in [2.45, 2.75) is 27.2 Å². The van der Waals surface area contributed by atoms with E-state index in [-0.39, 0.29) is 12.4 Å². The maximum Gasteiger partial charge on any atom is 0.310 e. The van der Waals surface area contributed by atoms with Crippen molar-refractivity contribution in [3.8, 4) is 0 Å². The largest absolute Gasteiger partial charge is 0.466 e. The Hall–Kier alpha value is 0.140.